The molecule has 0 N–H and O–H groups in total. The van der Waals surface area contributed by atoms with Gasteiger partial charge in [-0.2, -0.15) is 0 Å². The minimum absolute atomic E-state index is 0.0886. The van der Waals surface area contributed by atoms with Crippen molar-refractivity contribution in [2.45, 2.75) is 335 Å². The van der Waals surface area contributed by atoms with Gasteiger partial charge in [-0.1, -0.05) is 335 Å². The van der Waals surface area contributed by atoms with Gasteiger partial charge in [0.25, 0.3) is 0 Å². The van der Waals surface area contributed by atoms with Crippen molar-refractivity contribution in [3.05, 3.63) is 122 Å². The van der Waals surface area contributed by atoms with Crippen LogP contribution in [0.3, 0.4) is 0 Å². The number of allylic oxidation sites excluding steroid dienone is 20. The van der Waals surface area contributed by atoms with E-state index in [1.165, 1.54) is 167 Å². The molecular formula is C77H130O6. The summed E-state index contributed by atoms with van der Waals surface area (Å²) in [5.74, 6) is -0.921. The van der Waals surface area contributed by atoms with Crippen LogP contribution in [0.5, 0.6) is 0 Å². The zero-order valence-corrected chi connectivity index (χ0v) is 54.4. The van der Waals surface area contributed by atoms with Gasteiger partial charge in [0.2, 0.25) is 0 Å². The molecule has 83 heavy (non-hydrogen) atoms. The number of carbonyl (C=O) groups is 3. The number of hydrogen-bond acceptors (Lipinski definition) is 6. The summed E-state index contributed by atoms with van der Waals surface area (Å²) in [4.78, 5) is 38.4. The summed E-state index contributed by atoms with van der Waals surface area (Å²) in [5.41, 5.74) is 0. The molecule has 0 aromatic heterocycles. The number of unbranched alkanes of at least 4 members (excludes halogenated alkanes) is 32. The summed E-state index contributed by atoms with van der Waals surface area (Å²) in [6.07, 6.45) is 97.9. The van der Waals surface area contributed by atoms with E-state index in [9.17, 15) is 14.4 Å². The van der Waals surface area contributed by atoms with E-state index in [1.807, 2.05) is 0 Å². The van der Waals surface area contributed by atoms with E-state index in [-0.39, 0.29) is 31.1 Å². The highest BCUT2D eigenvalue weighted by Gasteiger charge is 2.19. The summed E-state index contributed by atoms with van der Waals surface area (Å²) in [6.45, 7) is 6.53. The van der Waals surface area contributed by atoms with Gasteiger partial charge in [-0.25, -0.2) is 0 Å². The Balaban J connectivity index is 4.36. The van der Waals surface area contributed by atoms with Gasteiger partial charge in [-0.15, -0.1) is 0 Å². The molecular weight excluding hydrogens is 1020 g/mol. The lowest BCUT2D eigenvalue weighted by Crippen LogP contribution is -2.30. The van der Waals surface area contributed by atoms with Crippen molar-refractivity contribution in [1.29, 1.82) is 0 Å². The molecule has 0 saturated heterocycles. The highest BCUT2D eigenvalue weighted by Crippen LogP contribution is 2.17. The summed E-state index contributed by atoms with van der Waals surface area (Å²) in [7, 11) is 0. The van der Waals surface area contributed by atoms with Gasteiger partial charge in [-0.05, 0) is 96.3 Å². The Hall–Kier alpha value is -4.19. The van der Waals surface area contributed by atoms with Crippen LogP contribution in [-0.2, 0) is 28.6 Å². The van der Waals surface area contributed by atoms with Gasteiger partial charge in [0, 0.05) is 19.3 Å². The first-order chi connectivity index (χ1) is 41.0. The first-order valence-electron chi connectivity index (χ1n) is 35.0. The van der Waals surface area contributed by atoms with Gasteiger partial charge < -0.3 is 14.2 Å². The van der Waals surface area contributed by atoms with E-state index in [0.29, 0.717) is 19.3 Å². The Morgan fingerprint density at radius 1 is 0.253 bits per heavy atom. The number of carbonyl (C=O) groups excluding carboxylic acids is 3. The molecule has 0 aromatic rings. The van der Waals surface area contributed by atoms with Crippen molar-refractivity contribution in [3.63, 3.8) is 0 Å². The summed E-state index contributed by atoms with van der Waals surface area (Å²) in [6, 6.07) is 0. The molecule has 1 unspecified atom stereocenters. The SMILES string of the molecule is CC/C=C\C/C=C\C/C=C\C/C=C\C/C=C\C/C=C\C/C=C\C/C=C\C/C=C\C/C=C\CCCCC(=O)OCC(COC(=O)CCCCCCCCCCCCCCC)OC(=O)CCCCCCCCCCCCCCCCCCCCC. The van der Waals surface area contributed by atoms with Crippen molar-refractivity contribution in [1.82, 2.24) is 0 Å². The smallest absolute Gasteiger partial charge is 0.306 e. The molecule has 0 rings (SSSR count). The van der Waals surface area contributed by atoms with E-state index in [1.54, 1.807) is 0 Å². The fraction of sp³-hybridized carbons (Fsp3) is 0.701. The van der Waals surface area contributed by atoms with Crippen LogP contribution < -0.4 is 0 Å². The average molecular weight is 1150 g/mol. The maximum absolute atomic E-state index is 12.9. The molecule has 0 heterocycles. The van der Waals surface area contributed by atoms with Crippen LogP contribution >= 0.6 is 0 Å². The number of rotatable bonds is 63. The van der Waals surface area contributed by atoms with Gasteiger partial charge in [0.05, 0.1) is 0 Å². The molecule has 474 valence electrons. The molecule has 6 heteroatoms. The number of hydrogen-bond donors (Lipinski definition) is 0. The third-order valence-electron chi connectivity index (χ3n) is 15.0. The zero-order chi connectivity index (χ0) is 59.9. The van der Waals surface area contributed by atoms with Crippen LogP contribution in [-0.4, -0.2) is 37.2 Å². The van der Waals surface area contributed by atoms with Crippen molar-refractivity contribution in [2.75, 3.05) is 13.2 Å². The Labute approximate surface area is 513 Å². The van der Waals surface area contributed by atoms with E-state index < -0.39 is 6.10 Å². The van der Waals surface area contributed by atoms with E-state index in [2.05, 4.69) is 142 Å². The molecule has 0 saturated carbocycles. The van der Waals surface area contributed by atoms with Crippen molar-refractivity contribution >= 4 is 17.9 Å². The van der Waals surface area contributed by atoms with E-state index in [4.69, 9.17) is 14.2 Å². The lowest BCUT2D eigenvalue weighted by atomic mass is 10.0. The molecule has 0 aromatic carbocycles. The molecule has 0 radical (unpaired) electrons. The normalized spacial score (nSPS) is 12.9. The van der Waals surface area contributed by atoms with Crippen LogP contribution in [0.4, 0.5) is 0 Å². The van der Waals surface area contributed by atoms with E-state index in [0.717, 1.165) is 122 Å². The summed E-state index contributed by atoms with van der Waals surface area (Å²) < 4.78 is 16.9. The first-order valence-corrected chi connectivity index (χ1v) is 35.0. The van der Waals surface area contributed by atoms with Gasteiger partial charge in [0.1, 0.15) is 13.2 Å². The fourth-order valence-electron chi connectivity index (χ4n) is 9.77. The predicted octanol–water partition coefficient (Wildman–Crippen LogP) is 24.3. The van der Waals surface area contributed by atoms with Crippen LogP contribution in [0.15, 0.2) is 122 Å². The maximum Gasteiger partial charge on any atom is 0.306 e. The molecule has 1 atom stereocenters. The lowest BCUT2D eigenvalue weighted by Gasteiger charge is -2.18. The molecule has 0 fully saturated rings. The Morgan fingerprint density at radius 2 is 0.470 bits per heavy atom. The minimum Gasteiger partial charge on any atom is -0.462 e. The average Bonchev–Trinajstić information content (AvgIpc) is 3.49. The second kappa shape index (κ2) is 70.3. The third kappa shape index (κ3) is 68.5. The van der Waals surface area contributed by atoms with Crippen molar-refractivity contribution in [3.8, 4) is 0 Å². The van der Waals surface area contributed by atoms with Crippen LogP contribution in [0.2, 0.25) is 0 Å². The molecule has 0 spiro atoms. The number of ether oxygens (including phenoxy) is 3. The van der Waals surface area contributed by atoms with Crippen LogP contribution in [0.1, 0.15) is 329 Å². The monoisotopic (exact) mass is 1150 g/mol. The van der Waals surface area contributed by atoms with Gasteiger partial charge >= 0.3 is 17.9 Å². The highest BCUT2D eigenvalue weighted by atomic mass is 16.6. The standard InChI is InChI=1S/C77H130O6/c1-4-7-10-13-16-19-22-25-27-29-31-32-33-34-35-36-37-38-39-40-41-42-43-44-46-47-49-52-55-58-61-64-67-70-76(79)82-73-74(72-81-75(78)69-66-63-60-57-54-51-24-21-18-15-12-9-6-3)83-77(80)71-68-65-62-59-56-53-50-48-45-30-28-26-23-20-17-14-11-8-5-2/h7,10,16,19,25,27,31-32,34-35,37-38,40-41,43-44,47,49,55,58,74H,4-6,8-9,11-15,17-18,20-24,26,28-30,33,36,39,42,45-46,48,50-54,56-57,59-73H2,1-3H3/b10-7-,19-16-,27-25-,32-31-,35-34-,38-37-,41-40-,44-43-,49-47-,58-55-. The molecule has 6 nitrogen and oxygen atoms in total. The van der Waals surface area contributed by atoms with Gasteiger partial charge in [0.15, 0.2) is 6.10 Å². The Morgan fingerprint density at radius 3 is 0.735 bits per heavy atom. The Kier molecular flexibility index (Phi) is 66.7. The van der Waals surface area contributed by atoms with Crippen molar-refractivity contribution in [2.24, 2.45) is 0 Å². The summed E-state index contributed by atoms with van der Waals surface area (Å²) >= 11 is 0. The molecule has 0 bridgehead atoms. The fourth-order valence-corrected chi connectivity index (χ4v) is 9.77. The zero-order valence-electron chi connectivity index (χ0n) is 54.4. The lowest BCUT2D eigenvalue weighted by molar-refractivity contribution is -0.167. The predicted molar refractivity (Wildman–Crippen MR) is 362 cm³/mol. The molecule has 0 aliphatic rings. The van der Waals surface area contributed by atoms with Crippen LogP contribution in [0.25, 0.3) is 0 Å². The second-order valence-electron chi connectivity index (χ2n) is 23.1. The second-order valence-corrected chi connectivity index (χ2v) is 23.1. The summed E-state index contributed by atoms with van der Waals surface area (Å²) in [5, 5.41) is 0. The Bertz CT molecular complexity index is 1700. The molecule has 0 aliphatic carbocycles. The van der Waals surface area contributed by atoms with Crippen molar-refractivity contribution < 1.29 is 28.6 Å². The third-order valence-corrected chi connectivity index (χ3v) is 15.0. The first kappa shape index (κ1) is 78.8. The van der Waals surface area contributed by atoms with Gasteiger partial charge in [-0.3, -0.25) is 14.4 Å². The molecule has 0 aliphatic heterocycles. The quantitative estimate of drug-likeness (QED) is 0.0261. The largest absolute Gasteiger partial charge is 0.462 e. The minimum atomic E-state index is -0.796. The maximum atomic E-state index is 12.9. The molecule has 0 amide bonds. The number of esters is 3. The highest BCUT2D eigenvalue weighted by molar-refractivity contribution is 5.71. The van der Waals surface area contributed by atoms with Crippen LogP contribution in [0, 0.1) is 0 Å². The topological polar surface area (TPSA) is 78.9 Å². The van der Waals surface area contributed by atoms with E-state index >= 15 is 0 Å².